The second kappa shape index (κ2) is 59.3. The molecule has 0 saturated heterocycles. The van der Waals surface area contributed by atoms with Gasteiger partial charge in [0.15, 0.2) is 0 Å². The molecule has 48 heteroatoms. The zero-order valence-corrected chi connectivity index (χ0v) is 86.1. The van der Waals surface area contributed by atoms with Crippen molar-refractivity contribution >= 4 is 161 Å². The van der Waals surface area contributed by atoms with Crippen molar-refractivity contribution in [2.24, 2.45) is 0 Å². The molecule has 10 aromatic carbocycles. The van der Waals surface area contributed by atoms with Crippen LogP contribution in [-0.4, -0.2) is 219 Å². The molecule has 0 aromatic heterocycles. The number of benzene rings is 10. The van der Waals surface area contributed by atoms with Crippen molar-refractivity contribution in [3.8, 4) is 84.4 Å². The first-order valence-corrected chi connectivity index (χ1v) is 48.8. The fraction of sp³-hybridized carbons (Fsp3) is 0.235. The highest BCUT2D eigenvalue weighted by Crippen LogP contribution is 2.39. The van der Waals surface area contributed by atoms with Gasteiger partial charge in [0.1, 0.15) is 117 Å². The second-order valence-corrected chi connectivity index (χ2v) is 36.4. The van der Waals surface area contributed by atoms with Crippen LogP contribution in [0.1, 0.15) is 107 Å². The van der Waals surface area contributed by atoms with Gasteiger partial charge in [-0.2, -0.15) is 0 Å². The molecule has 11 N–H and O–H groups in total. The largest absolute Gasteiger partial charge is 0.507 e. The molecule has 3 unspecified atom stereocenters. The highest BCUT2D eigenvalue weighted by molar-refractivity contribution is 8.15. The molecule has 10 aromatic rings. The molecule has 0 saturated carbocycles. The van der Waals surface area contributed by atoms with E-state index in [1.807, 2.05) is 0 Å². The standard InChI is InChI=1S/3C21H20F2N2O5S.C20H20F2N2O4S.C19H18F2N2O4S/c3*1-11(26)25-18(20(28)24-3)10-31-21(29)16-8-13(4-7-19(16)30-12(2)27)15-6-5-14(22)9-17(15)23;1-11(25)23-17(19(27)24(2)3)10-29-20(28)15-8-12(4-7-18(15)26)14-6-5-13(21)9-16(14)22;1-10(24)23-16(18(26)22-2)9-28-19(27)14-7-11(3-6-17(14)25)13-5-4-12(20)8-15(13)21/h3*4-9,18H,10H2,1-3H3,(H,24,28)(H,25,26);4-9,17,26H,10H2,1-3H3,(H,23,25);3-8,16,25H,9H2,1-2H3,(H,22,26)(H,23,24)/t18-;;;;16-/m0...0/s1. The molecule has 0 fully saturated rings. The van der Waals surface area contributed by atoms with Crippen molar-refractivity contribution in [1.29, 1.82) is 0 Å². The maximum Gasteiger partial charge on any atom is 0.308 e. The lowest BCUT2D eigenvalue weighted by molar-refractivity contribution is -0.133. The van der Waals surface area contributed by atoms with Gasteiger partial charge in [0.2, 0.25) is 84.6 Å². The number of hydrogen-bond acceptors (Lipinski definition) is 28. The fourth-order valence-corrected chi connectivity index (χ4v) is 17.3. The molecule has 10 rings (SSSR count). The van der Waals surface area contributed by atoms with E-state index in [1.165, 1.54) is 203 Å². The van der Waals surface area contributed by atoms with E-state index in [0.29, 0.717) is 53.5 Å². The number of nitrogens with zero attached hydrogens (tertiary/aromatic N) is 1. The number of nitrogens with one attached hydrogen (secondary N) is 9. The van der Waals surface area contributed by atoms with Crippen LogP contribution in [0.25, 0.3) is 55.6 Å². The number of thioether (sulfide) groups is 5. The van der Waals surface area contributed by atoms with Gasteiger partial charge in [-0.1, -0.05) is 89.1 Å². The van der Waals surface area contributed by atoms with Crippen LogP contribution >= 0.6 is 58.8 Å². The number of amides is 10. The first-order chi connectivity index (χ1) is 70.7. The number of carbonyl (C=O) groups excluding carboxylic acids is 18. The van der Waals surface area contributed by atoms with Crippen molar-refractivity contribution in [2.45, 2.75) is 85.6 Å². The average molecular weight is 2180 g/mol. The van der Waals surface area contributed by atoms with E-state index in [1.54, 1.807) is 0 Å². The van der Waals surface area contributed by atoms with Crippen molar-refractivity contribution in [3.63, 3.8) is 0 Å². The van der Waals surface area contributed by atoms with Gasteiger partial charge in [-0.25, -0.2) is 43.9 Å². The van der Waals surface area contributed by atoms with Crippen LogP contribution in [0.3, 0.4) is 0 Å². The first kappa shape index (κ1) is 123. The molecule has 0 aliphatic carbocycles. The third-order valence-corrected chi connectivity index (χ3v) is 24.7. The van der Waals surface area contributed by atoms with E-state index in [0.717, 1.165) is 86.8 Å². The predicted molar refractivity (Wildman–Crippen MR) is 543 cm³/mol. The minimum absolute atomic E-state index is 0.0418. The van der Waals surface area contributed by atoms with Gasteiger partial charge in [-0.3, -0.25) is 86.3 Å². The molecule has 0 aliphatic heterocycles. The lowest BCUT2D eigenvalue weighted by atomic mass is 10.0. The fourth-order valence-electron chi connectivity index (χ4n) is 13.0. The molecule has 794 valence electrons. The molecule has 10 amide bonds. The quantitative estimate of drug-likeness (QED) is 0.0103. The molecule has 0 heterocycles. The van der Waals surface area contributed by atoms with Crippen LogP contribution in [0, 0.1) is 58.2 Å². The highest BCUT2D eigenvalue weighted by Gasteiger charge is 2.31. The summed E-state index contributed by atoms with van der Waals surface area (Å²) in [7, 11) is 8.62. The van der Waals surface area contributed by atoms with Gasteiger partial charge in [-0.15, -0.1) is 0 Å². The second-order valence-electron chi connectivity index (χ2n) is 31.4. The van der Waals surface area contributed by atoms with Crippen LogP contribution in [0.15, 0.2) is 182 Å². The topological polar surface area (TPSA) is 487 Å². The van der Waals surface area contributed by atoms with E-state index in [2.05, 4.69) is 47.9 Å². The predicted octanol–water partition coefficient (Wildman–Crippen LogP) is 13.3. The summed E-state index contributed by atoms with van der Waals surface area (Å²) >= 11 is 3.60. The summed E-state index contributed by atoms with van der Waals surface area (Å²) in [6.45, 7) is 9.70. The van der Waals surface area contributed by atoms with Crippen molar-refractivity contribution in [2.75, 3.05) is 71.1 Å². The van der Waals surface area contributed by atoms with Crippen molar-refractivity contribution in [1.82, 2.24) is 52.8 Å². The van der Waals surface area contributed by atoms with Crippen LogP contribution in [-0.2, 0) is 62.3 Å². The Bertz CT molecular complexity index is 6410. The van der Waals surface area contributed by atoms with Crippen LogP contribution in [0.2, 0.25) is 0 Å². The molecule has 0 aliphatic rings. The molecule has 0 radical (unpaired) electrons. The first-order valence-electron chi connectivity index (χ1n) is 43.9. The van der Waals surface area contributed by atoms with Crippen LogP contribution in [0.4, 0.5) is 43.9 Å². The number of phenols is 2. The minimum atomic E-state index is -0.966. The molecule has 150 heavy (non-hydrogen) atoms. The third-order valence-electron chi connectivity index (χ3n) is 19.8. The van der Waals surface area contributed by atoms with Crippen LogP contribution in [0.5, 0.6) is 28.7 Å². The van der Waals surface area contributed by atoms with Gasteiger partial charge >= 0.3 is 17.9 Å². The summed E-state index contributed by atoms with van der Waals surface area (Å²) in [4.78, 5) is 215. The minimum Gasteiger partial charge on any atom is -0.507 e. The number of ether oxygens (including phenoxy) is 3. The zero-order valence-electron chi connectivity index (χ0n) is 82.0. The number of aromatic hydroxyl groups is 2. The zero-order chi connectivity index (χ0) is 112. The average Bonchev–Trinajstić information content (AvgIpc) is 0.801. The Morgan fingerprint density at radius 2 is 0.453 bits per heavy atom. The monoisotopic (exact) mass is 2180 g/mol. The van der Waals surface area contributed by atoms with Gasteiger partial charge in [0.25, 0.3) is 0 Å². The number of esters is 3. The highest BCUT2D eigenvalue weighted by atomic mass is 32.2. The Balaban J connectivity index is 0.000000286. The SMILES string of the molecule is CC(=O)NC(CSC(=O)c1cc(-c2ccc(F)cc2F)ccc1O)C(=O)N(C)C.CNC(=O)C(CSC(=O)c1cc(-c2ccc(F)cc2F)ccc1OC(C)=O)NC(C)=O.CNC(=O)C(CSC(=O)c1cc(-c2ccc(F)cc2F)ccc1OC(C)=O)NC(C)=O.CNC(=O)[C@H](CSC(=O)c1cc(-c2ccc(F)cc2F)ccc1O)NC(C)=O.CNC(=O)[C@H](CSC(=O)c1cc(-c2ccc(F)cc2F)ccc1OC(C)=O)NC(C)=O. The Labute approximate surface area is 872 Å². The van der Waals surface area contributed by atoms with Crippen molar-refractivity contribution in [3.05, 3.63) is 268 Å². The summed E-state index contributed by atoms with van der Waals surface area (Å²) in [5, 5.41) is 39.0. The molecule has 0 spiro atoms. The van der Waals surface area contributed by atoms with Crippen molar-refractivity contribution < 1.29 is 155 Å². The van der Waals surface area contributed by atoms with E-state index < -0.39 is 185 Å². The number of phenolic OH excluding ortho intramolecular Hbond substituents is 2. The Kier molecular flexibility index (Phi) is 48.7. The lowest BCUT2D eigenvalue weighted by Crippen LogP contribution is -2.47. The summed E-state index contributed by atoms with van der Waals surface area (Å²) in [5.41, 5.74) is 1.36. The molecule has 33 nitrogen and oxygen atoms in total. The molecule has 5 atom stereocenters. The third kappa shape index (κ3) is 38.5. The summed E-state index contributed by atoms with van der Waals surface area (Å²) in [6.07, 6.45) is 0. The molecular weight excluding hydrogens is 2080 g/mol. The smallest absolute Gasteiger partial charge is 0.308 e. The number of rotatable bonds is 33. The van der Waals surface area contributed by atoms with E-state index >= 15 is 0 Å². The van der Waals surface area contributed by atoms with Gasteiger partial charge < -0.3 is 77.2 Å². The number of likely N-dealkylation sites (N-methyl/N-ethyl adjacent to an activating group) is 5. The van der Waals surface area contributed by atoms with E-state index in [-0.39, 0.29) is 147 Å². The molecular formula is C102H98F10N10O23S5. The Morgan fingerprint density at radius 1 is 0.267 bits per heavy atom. The lowest BCUT2D eigenvalue weighted by Gasteiger charge is -2.20. The maximum atomic E-state index is 14.2. The Hall–Kier alpha value is -15.7. The normalized spacial score (nSPS) is 11.5. The summed E-state index contributed by atoms with van der Waals surface area (Å²) in [6, 6.07) is 30.5. The maximum absolute atomic E-state index is 14.2. The van der Waals surface area contributed by atoms with Gasteiger partial charge in [0, 0.05) is 185 Å². The molecule has 0 bridgehead atoms. The van der Waals surface area contributed by atoms with Crippen LogP contribution < -0.4 is 62.1 Å². The number of halogens is 10. The Morgan fingerprint density at radius 3 is 0.640 bits per heavy atom. The number of carbonyl (C=O) groups is 18. The number of hydrogen-bond donors (Lipinski definition) is 11. The van der Waals surface area contributed by atoms with Gasteiger partial charge in [-0.05, 0) is 149 Å². The summed E-state index contributed by atoms with van der Waals surface area (Å²) < 4.78 is 152. The van der Waals surface area contributed by atoms with Gasteiger partial charge in [0.05, 0.1) is 27.8 Å². The van der Waals surface area contributed by atoms with E-state index in [4.69, 9.17) is 14.2 Å². The summed E-state index contributed by atoms with van der Waals surface area (Å²) in [5.74, 6) is -15.5. The van der Waals surface area contributed by atoms with E-state index in [9.17, 15) is 140 Å².